The van der Waals surface area contributed by atoms with Gasteiger partial charge >= 0.3 is 0 Å². The van der Waals surface area contributed by atoms with Crippen molar-refractivity contribution in [1.82, 2.24) is 4.98 Å². The molecule has 0 aliphatic heterocycles. The zero-order valence-corrected chi connectivity index (χ0v) is 10.5. The molecule has 14 heavy (non-hydrogen) atoms. The molecule has 76 valence electrons. The van der Waals surface area contributed by atoms with Crippen molar-refractivity contribution in [2.24, 2.45) is 0 Å². The van der Waals surface area contributed by atoms with Crippen LogP contribution in [0.15, 0.2) is 12.1 Å². The van der Waals surface area contributed by atoms with E-state index < -0.39 is 0 Å². The van der Waals surface area contributed by atoms with Gasteiger partial charge in [-0.3, -0.25) is 0 Å². The molecular formula is C11H14ClNS. The molecule has 0 atom stereocenters. The lowest BCUT2D eigenvalue weighted by Gasteiger charge is -1.95. The van der Waals surface area contributed by atoms with Gasteiger partial charge < -0.3 is 0 Å². The largest absolute Gasteiger partial charge is 0.240 e. The van der Waals surface area contributed by atoms with Crippen LogP contribution in [0.25, 0.3) is 10.2 Å². The molecule has 0 saturated carbocycles. The third kappa shape index (κ3) is 2.07. The predicted octanol–water partition coefficient (Wildman–Crippen LogP) is 4.59. The van der Waals surface area contributed by atoms with Gasteiger partial charge in [-0.25, -0.2) is 4.98 Å². The van der Waals surface area contributed by atoms with Gasteiger partial charge in [0, 0.05) is 0 Å². The summed E-state index contributed by atoms with van der Waals surface area (Å²) in [6, 6.07) is 4.10. The molecule has 0 bridgehead atoms. The number of halogens is 1. The molecule has 0 radical (unpaired) electrons. The van der Waals surface area contributed by atoms with Gasteiger partial charge in [0.2, 0.25) is 0 Å². The molecule has 3 heteroatoms. The molecule has 1 nitrogen and oxygen atoms in total. The van der Waals surface area contributed by atoms with Gasteiger partial charge in [0.1, 0.15) is 5.52 Å². The number of hydrogen-bond acceptors (Lipinski definition) is 2. The first kappa shape index (κ1) is 11.5. The fourth-order valence-electron chi connectivity index (χ4n) is 1.17. The van der Waals surface area contributed by atoms with Crippen molar-refractivity contribution < 1.29 is 0 Å². The number of fused-ring (bicyclic) bond motifs is 1. The lowest BCUT2D eigenvalue weighted by Crippen LogP contribution is -1.76. The summed E-state index contributed by atoms with van der Waals surface area (Å²) in [5.41, 5.74) is 2.04. The van der Waals surface area contributed by atoms with Gasteiger partial charge in [-0.2, -0.15) is 0 Å². The van der Waals surface area contributed by atoms with Crippen LogP contribution in [0, 0.1) is 13.8 Å². The average Bonchev–Trinajstić information content (AvgIpc) is 2.57. The van der Waals surface area contributed by atoms with Crippen molar-refractivity contribution >= 4 is 33.2 Å². The lowest BCUT2D eigenvalue weighted by molar-refractivity contribution is 1.34. The van der Waals surface area contributed by atoms with E-state index >= 15 is 0 Å². The molecule has 0 spiro atoms. The third-order valence-corrected chi connectivity index (χ3v) is 3.21. The molecule has 2 aromatic rings. The molecule has 0 aliphatic carbocycles. The first-order chi connectivity index (χ1) is 6.68. The second-order valence-electron chi connectivity index (χ2n) is 2.78. The molecule has 0 amide bonds. The van der Waals surface area contributed by atoms with Crippen LogP contribution in [0.1, 0.15) is 24.4 Å². The van der Waals surface area contributed by atoms with Crippen LogP contribution in [-0.4, -0.2) is 4.98 Å². The minimum Gasteiger partial charge on any atom is -0.240 e. The van der Waals surface area contributed by atoms with Gasteiger partial charge in [0.25, 0.3) is 0 Å². The topological polar surface area (TPSA) is 12.9 Å². The second-order valence-corrected chi connectivity index (χ2v) is 4.39. The Morgan fingerprint density at radius 3 is 2.50 bits per heavy atom. The quantitative estimate of drug-likeness (QED) is 0.642. The summed E-state index contributed by atoms with van der Waals surface area (Å²) < 4.78 is 1.17. The Morgan fingerprint density at radius 1 is 1.21 bits per heavy atom. The Morgan fingerprint density at radius 2 is 1.86 bits per heavy atom. The van der Waals surface area contributed by atoms with Crippen LogP contribution < -0.4 is 0 Å². The Balaban J connectivity index is 0.000000461. The standard InChI is InChI=1S/C9H8ClNS.C2H6/c1-5-3-4-7-9(8(5)10)11-6(2)12-7;1-2/h3-4H,1-2H3;1-2H3. The number of hydrogen-bond donors (Lipinski definition) is 0. The normalized spacial score (nSPS) is 9.79. The highest BCUT2D eigenvalue weighted by Crippen LogP contribution is 2.29. The van der Waals surface area contributed by atoms with E-state index in [1.807, 2.05) is 33.8 Å². The summed E-state index contributed by atoms with van der Waals surface area (Å²) in [5, 5.41) is 1.86. The highest BCUT2D eigenvalue weighted by Gasteiger charge is 2.05. The van der Waals surface area contributed by atoms with Crippen LogP contribution in [0.2, 0.25) is 5.02 Å². The number of aromatic nitrogens is 1. The van der Waals surface area contributed by atoms with Crippen LogP contribution >= 0.6 is 22.9 Å². The first-order valence-electron chi connectivity index (χ1n) is 4.71. The van der Waals surface area contributed by atoms with E-state index in [0.29, 0.717) is 0 Å². The van der Waals surface area contributed by atoms with E-state index in [9.17, 15) is 0 Å². The molecular weight excluding hydrogens is 214 g/mol. The number of nitrogens with zero attached hydrogens (tertiary/aromatic N) is 1. The smallest absolute Gasteiger partial charge is 0.100 e. The second kappa shape index (κ2) is 4.76. The van der Waals surface area contributed by atoms with Gasteiger partial charge in [-0.15, -0.1) is 11.3 Å². The van der Waals surface area contributed by atoms with Crippen molar-refractivity contribution in [1.29, 1.82) is 0 Å². The maximum absolute atomic E-state index is 6.08. The highest BCUT2D eigenvalue weighted by atomic mass is 35.5. The minimum atomic E-state index is 0.789. The summed E-state index contributed by atoms with van der Waals surface area (Å²) in [6.45, 7) is 7.99. The van der Waals surface area contributed by atoms with Crippen molar-refractivity contribution in [3.8, 4) is 0 Å². The molecule has 1 aromatic carbocycles. The SMILES string of the molecule is CC.Cc1nc2c(Cl)c(C)ccc2s1. The maximum Gasteiger partial charge on any atom is 0.100 e. The number of benzene rings is 1. The Hall–Kier alpha value is -0.600. The molecule has 2 rings (SSSR count). The van der Waals surface area contributed by atoms with Crippen molar-refractivity contribution in [2.75, 3.05) is 0 Å². The van der Waals surface area contributed by atoms with E-state index in [1.54, 1.807) is 11.3 Å². The fourth-order valence-corrected chi connectivity index (χ4v) is 2.27. The van der Waals surface area contributed by atoms with Crippen LogP contribution in [0.4, 0.5) is 0 Å². The summed E-state index contributed by atoms with van der Waals surface area (Å²) >= 11 is 7.76. The van der Waals surface area contributed by atoms with Crippen molar-refractivity contribution in [2.45, 2.75) is 27.7 Å². The number of rotatable bonds is 0. The molecule has 0 N–H and O–H groups in total. The molecule has 1 aromatic heterocycles. The predicted molar refractivity (Wildman–Crippen MR) is 65.5 cm³/mol. The number of thiazole rings is 1. The molecule has 0 saturated heterocycles. The van der Waals surface area contributed by atoms with Gasteiger partial charge in [0.05, 0.1) is 14.7 Å². The first-order valence-corrected chi connectivity index (χ1v) is 5.90. The Labute approximate surface area is 93.7 Å². The lowest BCUT2D eigenvalue weighted by atomic mass is 10.2. The maximum atomic E-state index is 6.08. The van der Waals surface area contributed by atoms with Gasteiger partial charge in [-0.1, -0.05) is 31.5 Å². The van der Waals surface area contributed by atoms with Crippen molar-refractivity contribution in [3.05, 3.63) is 27.7 Å². The monoisotopic (exact) mass is 227 g/mol. The zero-order valence-electron chi connectivity index (χ0n) is 8.89. The summed E-state index contributed by atoms with van der Waals surface area (Å²) in [6.07, 6.45) is 0. The van der Waals surface area contributed by atoms with E-state index in [0.717, 1.165) is 21.1 Å². The molecule has 0 fully saturated rings. The number of aryl methyl sites for hydroxylation is 2. The van der Waals surface area contributed by atoms with Crippen LogP contribution in [-0.2, 0) is 0 Å². The van der Waals surface area contributed by atoms with E-state index in [1.165, 1.54) is 4.70 Å². The zero-order chi connectivity index (χ0) is 10.7. The minimum absolute atomic E-state index is 0.789. The molecule has 0 unspecified atom stereocenters. The van der Waals surface area contributed by atoms with E-state index in [-0.39, 0.29) is 0 Å². The molecule has 0 aliphatic rings. The average molecular weight is 228 g/mol. The Bertz CT molecular complexity index is 434. The summed E-state index contributed by atoms with van der Waals surface area (Å²) in [4.78, 5) is 4.36. The van der Waals surface area contributed by atoms with Crippen LogP contribution in [0.5, 0.6) is 0 Å². The summed E-state index contributed by atoms with van der Waals surface area (Å²) in [5.74, 6) is 0. The Kier molecular flexibility index (Phi) is 3.90. The van der Waals surface area contributed by atoms with Crippen LogP contribution in [0.3, 0.4) is 0 Å². The fraction of sp³-hybridized carbons (Fsp3) is 0.364. The molecule has 1 heterocycles. The summed E-state index contributed by atoms with van der Waals surface area (Å²) in [7, 11) is 0. The van der Waals surface area contributed by atoms with E-state index in [4.69, 9.17) is 11.6 Å². The third-order valence-electron chi connectivity index (χ3n) is 1.80. The van der Waals surface area contributed by atoms with E-state index in [2.05, 4.69) is 11.1 Å². The highest BCUT2D eigenvalue weighted by molar-refractivity contribution is 7.18. The van der Waals surface area contributed by atoms with Crippen molar-refractivity contribution in [3.63, 3.8) is 0 Å². The van der Waals surface area contributed by atoms with Gasteiger partial charge in [-0.05, 0) is 25.5 Å². The van der Waals surface area contributed by atoms with Gasteiger partial charge in [0.15, 0.2) is 0 Å².